The number of fused-ring (bicyclic) bond motifs is 2. The summed E-state index contributed by atoms with van der Waals surface area (Å²) in [6.07, 6.45) is 0.483. The molecule has 0 aliphatic carbocycles. The number of para-hydroxylation sites is 3. The molecular formula is C38H37N5O6S. The molecular weight excluding hydrogens is 655 g/mol. The molecule has 3 heterocycles. The Kier molecular flexibility index (Phi) is 9.61. The third-order valence-corrected chi connectivity index (χ3v) is 10.3. The molecule has 5 aromatic rings. The second-order valence-electron chi connectivity index (χ2n) is 12.0. The largest absolute Gasteiger partial charge is 0.495 e. The Labute approximate surface area is 293 Å². The zero-order valence-electron chi connectivity index (χ0n) is 27.8. The summed E-state index contributed by atoms with van der Waals surface area (Å²) in [5, 5.41) is 3.17. The van der Waals surface area contributed by atoms with Crippen LogP contribution in [0.5, 0.6) is 17.2 Å². The first-order valence-electron chi connectivity index (χ1n) is 16.5. The molecule has 4 aromatic carbocycles. The van der Waals surface area contributed by atoms with Crippen LogP contribution in [0, 0.1) is 0 Å². The summed E-state index contributed by atoms with van der Waals surface area (Å²) < 4.78 is 18.1. The number of anilines is 2. The second kappa shape index (κ2) is 14.6. The Bertz CT molecular complexity index is 2080. The fraction of sp³-hybridized carbons (Fsp3) is 0.263. The normalized spacial score (nSPS) is 14.4. The second-order valence-corrected chi connectivity index (χ2v) is 13.2. The fourth-order valence-corrected chi connectivity index (χ4v) is 7.17. The molecule has 0 radical (unpaired) electrons. The Morgan fingerprint density at radius 2 is 1.62 bits per heavy atom. The number of nitrogens with one attached hydrogen (secondary N) is 1. The van der Waals surface area contributed by atoms with E-state index in [4.69, 9.17) is 19.2 Å². The van der Waals surface area contributed by atoms with Gasteiger partial charge < -0.3 is 29.3 Å². The lowest BCUT2D eigenvalue weighted by Gasteiger charge is -2.36. The number of ether oxygens (including phenoxy) is 3. The van der Waals surface area contributed by atoms with Crippen LogP contribution in [0.25, 0.3) is 10.9 Å². The lowest BCUT2D eigenvalue weighted by molar-refractivity contribution is -0.115. The minimum atomic E-state index is -0.563. The summed E-state index contributed by atoms with van der Waals surface area (Å²) >= 11 is 1.23. The maximum atomic E-state index is 14.1. The van der Waals surface area contributed by atoms with Crippen LogP contribution in [0.15, 0.2) is 101 Å². The van der Waals surface area contributed by atoms with Gasteiger partial charge in [-0.05, 0) is 54.4 Å². The standard InChI is InChI=1S/C38H37N5O6S/c1-3-34(35(44)39-29-11-7-8-12-31(29)47-2)50-38-40-30-22-33-32(48-24-49-33)21-28(30)37(46)43(38)23-25-13-15-26(16-14-25)36(45)42-19-17-41(18-20-42)27-9-5-4-6-10-27/h4-16,21-22,34H,3,17-20,23-24H2,1-2H3,(H,39,44). The SMILES string of the molecule is CCC(Sc1nc2cc3c(cc2c(=O)n1Cc1ccc(C(=O)N2CCN(c4ccccc4)CC2)cc1)OCO3)C(=O)Nc1ccccc1OC. The van der Waals surface area contributed by atoms with Crippen molar-refractivity contribution >= 4 is 45.9 Å². The third kappa shape index (κ3) is 6.84. The number of amides is 2. The van der Waals surface area contributed by atoms with Gasteiger partial charge in [0, 0.05) is 43.5 Å². The van der Waals surface area contributed by atoms with E-state index in [1.807, 2.05) is 54.3 Å². The molecule has 11 nitrogen and oxygen atoms in total. The first-order chi connectivity index (χ1) is 24.4. The van der Waals surface area contributed by atoms with Gasteiger partial charge in [0.15, 0.2) is 16.7 Å². The molecule has 1 aromatic heterocycles. The summed E-state index contributed by atoms with van der Waals surface area (Å²) in [4.78, 5) is 50.1. The molecule has 1 saturated heterocycles. The van der Waals surface area contributed by atoms with Crippen molar-refractivity contribution in [2.75, 3.05) is 50.3 Å². The summed E-state index contributed by atoms with van der Waals surface area (Å²) in [5.74, 6) is 1.29. The predicted molar refractivity (Wildman–Crippen MR) is 194 cm³/mol. The summed E-state index contributed by atoms with van der Waals surface area (Å²) in [6, 6.07) is 28.1. The average Bonchev–Trinajstić information content (AvgIpc) is 3.62. The topological polar surface area (TPSA) is 115 Å². The van der Waals surface area contributed by atoms with E-state index in [2.05, 4.69) is 22.3 Å². The number of hydrogen-bond donors (Lipinski definition) is 1. The lowest BCUT2D eigenvalue weighted by atomic mass is 10.1. The van der Waals surface area contributed by atoms with E-state index < -0.39 is 5.25 Å². The molecule has 0 spiro atoms. The molecule has 1 fully saturated rings. The van der Waals surface area contributed by atoms with E-state index in [1.54, 1.807) is 48.1 Å². The molecule has 256 valence electrons. The van der Waals surface area contributed by atoms with Crippen LogP contribution in [0.3, 0.4) is 0 Å². The van der Waals surface area contributed by atoms with Crippen molar-refractivity contribution in [1.29, 1.82) is 0 Å². The number of rotatable bonds is 10. The first kappa shape index (κ1) is 33.0. The number of carbonyl (C=O) groups is 2. The Balaban J connectivity index is 1.13. The average molecular weight is 692 g/mol. The Morgan fingerprint density at radius 1 is 0.920 bits per heavy atom. The quantitative estimate of drug-likeness (QED) is 0.147. The molecule has 50 heavy (non-hydrogen) atoms. The highest BCUT2D eigenvalue weighted by Gasteiger charge is 2.26. The van der Waals surface area contributed by atoms with Gasteiger partial charge in [-0.3, -0.25) is 19.0 Å². The maximum absolute atomic E-state index is 14.1. The third-order valence-electron chi connectivity index (χ3n) is 8.92. The predicted octanol–water partition coefficient (Wildman–Crippen LogP) is 5.65. The monoisotopic (exact) mass is 691 g/mol. The Morgan fingerprint density at radius 3 is 2.34 bits per heavy atom. The molecule has 12 heteroatoms. The number of methoxy groups -OCH3 is 1. The van der Waals surface area contributed by atoms with Crippen molar-refractivity contribution in [3.63, 3.8) is 0 Å². The minimum absolute atomic E-state index is 0.0204. The lowest BCUT2D eigenvalue weighted by Crippen LogP contribution is -2.48. The zero-order chi connectivity index (χ0) is 34.6. The smallest absolute Gasteiger partial charge is 0.262 e. The maximum Gasteiger partial charge on any atom is 0.262 e. The Hall–Kier alpha value is -5.49. The van der Waals surface area contributed by atoms with Crippen LogP contribution in [0.2, 0.25) is 0 Å². The van der Waals surface area contributed by atoms with E-state index in [0.29, 0.717) is 64.1 Å². The van der Waals surface area contributed by atoms with Gasteiger partial charge in [0.1, 0.15) is 5.75 Å². The van der Waals surface area contributed by atoms with E-state index in [-0.39, 0.29) is 30.7 Å². The number of aromatic nitrogens is 2. The molecule has 2 aliphatic heterocycles. The van der Waals surface area contributed by atoms with E-state index >= 15 is 0 Å². The van der Waals surface area contributed by atoms with Gasteiger partial charge in [-0.25, -0.2) is 4.98 Å². The molecule has 2 amide bonds. The van der Waals surface area contributed by atoms with Gasteiger partial charge in [0.25, 0.3) is 11.5 Å². The van der Waals surface area contributed by atoms with E-state index in [9.17, 15) is 14.4 Å². The highest BCUT2D eigenvalue weighted by molar-refractivity contribution is 8.00. The summed E-state index contributed by atoms with van der Waals surface area (Å²) in [5.41, 5.74) is 3.30. The highest BCUT2D eigenvalue weighted by Crippen LogP contribution is 2.36. The number of piperazine rings is 1. The van der Waals surface area contributed by atoms with Crippen molar-refractivity contribution in [1.82, 2.24) is 14.5 Å². The molecule has 1 atom stereocenters. The molecule has 0 saturated carbocycles. The number of nitrogens with zero attached hydrogens (tertiary/aromatic N) is 4. The van der Waals surface area contributed by atoms with Crippen molar-refractivity contribution < 1.29 is 23.8 Å². The van der Waals surface area contributed by atoms with Crippen LogP contribution in [0.1, 0.15) is 29.3 Å². The van der Waals surface area contributed by atoms with Crippen LogP contribution >= 0.6 is 11.8 Å². The zero-order valence-corrected chi connectivity index (χ0v) is 28.7. The highest BCUT2D eigenvalue weighted by atomic mass is 32.2. The number of thioether (sulfide) groups is 1. The number of hydrogen-bond acceptors (Lipinski definition) is 9. The summed E-state index contributed by atoms with van der Waals surface area (Å²) in [7, 11) is 1.55. The number of benzene rings is 4. The van der Waals surface area contributed by atoms with Gasteiger partial charge >= 0.3 is 0 Å². The van der Waals surface area contributed by atoms with Crippen molar-refractivity contribution in [3.8, 4) is 17.2 Å². The summed E-state index contributed by atoms with van der Waals surface area (Å²) in [6.45, 7) is 4.97. The first-order valence-corrected chi connectivity index (χ1v) is 17.4. The van der Waals surface area contributed by atoms with Crippen LogP contribution in [-0.2, 0) is 11.3 Å². The van der Waals surface area contributed by atoms with Gasteiger partial charge in [-0.2, -0.15) is 0 Å². The van der Waals surface area contributed by atoms with Crippen molar-refractivity contribution in [2.24, 2.45) is 0 Å². The molecule has 1 unspecified atom stereocenters. The van der Waals surface area contributed by atoms with Crippen LogP contribution < -0.4 is 30.0 Å². The van der Waals surface area contributed by atoms with Gasteiger partial charge in [0.05, 0.1) is 35.5 Å². The fourth-order valence-electron chi connectivity index (χ4n) is 6.16. The molecule has 2 aliphatic rings. The molecule has 7 rings (SSSR count). The van der Waals surface area contributed by atoms with E-state index in [0.717, 1.165) is 24.3 Å². The van der Waals surface area contributed by atoms with Gasteiger partial charge in [0.2, 0.25) is 12.7 Å². The van der Waals surface area contributed by atoms with Crippen LogP contribution in [0.4, 0.5) is 11.4 Å². The number of carbonyl (C=O) groups excluding carboxylic acids is 2. The van der Waals surface area contributed by atoms with Gasteiger partial charge in [-0.1, -0.05) is 61.2 Å². The molecule has 1 N–H and O–H groups in total. The van der Waals surface area contributed by atoms with Crippen molar-refractivity contribution in [3.05, 3.63) is 112 Å². The van der Waals surface area contributed by atoms with Gasteiger partial charge in [-0.15, -0.1) is 0 Å². The van der Waals surface area contributed by atoms with Crippen molar-refractivity contribution in [2.45, 2.75) is 30.3 Å². The van der Waals surface area contributed by atoms with E-state index in [1.165, 1.54) is 11.8 Å². The molecule has 0 bridgehead atoms. The van der Waals surface area contributed by atoms with Crippen LogP contribution in [-0.4, -0.2) is 71.6 Å². The minimum Gasteiger partial charge on any atom is -0.495 e.